The van der Waals surface area contributed by atoms with Gasteiger partial charge in [0, 0.05) is 5.69 Å². The molecule has 0 fully saturated rings. The highest BCUT2D eigenvalue weighted by molar-refractivity contribution is 5.90. The van der Waals surface area contributed by atoms with E-state index in [1.54, 1.807) is 24.3 Å². The maximum atomic E-state index is 11.8. The summed E-state index contributed by atoms with van der Waals surface area (Å²) in [5, 5.41) is 16.9. The standard InChI is InChI=1S/C13H13N5O4/c14-12(19)5-9-1-3-10(4-2-9)16-13(20)8-17-7-11(6-15-17)18(21)22/h1-4,6-7H,5,8H2,(H2,14,19)(H,16,20). The predicted octanol–water partition coefficient (Wildman–Crippen LogP) is 0.458. The fourth-order valence-corrected chi connectivity index (χ4v) is 1.79. The number of nitrogens with two attached hydrogens (primary N) is 1. The van der Waals surface area contributed by atoms with Gasteiger partial charge >= 0.3 is 5.69 Å². The molecule has 0 radical (unpaired) electrons. The van der Waals surface area contributed by atoms with Crippen LogP contribution in [0.15, 0.2) is 36.7 Å². The van der Waals surface area contributed by atoms with Crippen LogP contribution in [0.5, 0.6) is 0 Å². The van der Waals surface area contributed by atoms with Gasteiger partial charge in [0.1, 0.15) is 18.9 Å². The van der Waals surface area contributed by atoms with Crippen LogP contribution in [0.3, 0.4) is 0 Å². The number of carbonyl (C=O) groups is 2. The Kier molecular flexibility index (Phi) is 4.47. The summed E-state index contributed by atoms with van der Waals surface area (Å²) >= 11 is 0. The van der Waals surface area contributed by atoms with Crippen molar-refractivity contribution in [1.29, 1.82) is 0 Å². The molecule has 0 saturated carbocycles. The zero-order valence-corrected chi connectivity index (χ0v) is 11.4. The van der Waals surface area contributed by atoms with E-state index >= 15 is 0 Å². The molecule has 0 aliphatic rings. The van der Waals surface area contributed by atoms with Gasteiger partial charge in [0.2, 0.25) is 11.8 Å². The smallest absolute Gasteiger partial charge is 0.307 e. The van der Waals surface area contributed by atoms with E-state index in [2.05, 4.69) is 10.4 Å². The van der Waals surface area contributed by atoms with Crippen LogP contribution in [-0.4, -0.2) is 26.5 Å². The molecule has 0 atom stereocenters. The average Bonchev–Trinajstić information content (AvgIpc) is 2.89. The molecule has 2 rings (SSSR count). The Hall–Kier alpha value is -3.23. The minimum Gasteiger partial charge on any atom is -0.369 e. The molecular formula is C13H13N5O4. The number of nitrogens with zero attached hydrogens (tertiary/aromatic N) is 3. The normalized spacial score (nSPS) is 10.2. The van der Waals surface area contributed by atoms with Gasteiger partial charge in [0.25, 0.3) is 0 Å². The number of primary amides is 1. The number of rotatable bonds is 6. The highest BCUT2D eigenvalue weighted by Gasteiger charge is 2.11. The number of amides is 2. The fraction of sp³-hybridized carbons (Fsp3) is 0.154. The Balaban J connectivity index is 1.93. The Labute approximate surface area is 124 Å². The van der Waals surface area contributed by atoms with Crippen LogP contribution in [0.2, 0.25) is 0 Å². The van der Waals surface area contributed by atoms with Crippen molar-refractivity contribution in [2.24, 2.45) is 5.73 Å². The topological polar surface area (TPSA) is 133 Å². The predicted molar refractivity (Wildman–Crippen MR) is 76.9 cm³/mol. The Morgan fingerprint density at radius 1 is 1.32 bits per heavy atom. The summed E-state index contributed by atoms with van der Waals surface area (Å²) in [4.78, 5) is 32.5. The van der Waals surface area contributed by atoms with Crippen LogP contribution in [0.1, 0.15) is 5.56 Å². The lowest BCUT2D eigenvalue weighted by molar-refractivity contribution is -0.385. The molecule has 9 nitrogen and oxygen atoms in total. The van der Waals surface area contributed by atoms with Crippen LogP contribution in [0.25, 0.3) is 0 Å². The second kappa shape index (κ2) is 6.48. The molecule has 0 aliphatic carbocycles. The average molecular weight is 303 g/mol. The van der Waals surface area contributed by atoms with E-state index in [1.807, 2.05) is 0 Å². The first-order valence-corrected chi connectivity index (χ1v) is 6.28. The highest BCUT2D eigenvalue weighted by Crippen LogP contribution is 2.11. The van der Waals surface area contributed by atoms with Gasteiger partial charge in [-0.2, -0.15) is 5.10 Å². The van der Waals surface area contributed by atoms with Crippen molar-refractivity contribution < 1.29 is 14.5 Å². The van der Waals surface area contributed by atoms with Crippen LogP contribution >= 0.6 is 0 Å². The molecule has 0 spiro atoms. The van der Waals surface area contributed by atoms with E-state index in [0.717, 1.165) is 11.8 Å². The van der Waals surface area contributed by atoms with Crippen LogP contribution in [-0.2, 0) is 22.6 Å². The first-order chi connectivity index (χ1) is 10.4. The summed E-state index contributed by atoms with van der Waals surface area (Å²) in [5.41, 5.74) is 6.19. The molecule has 2 aromatic rings. The minimum atomic E-state index is -0.584. The number of hydrogen-bond donors (Lipinski definition) is 2. The molecule has 1 aromatic heterocycles. The van der Waals surface area contributed by atoms with Crippen molar-refractivity contribution in [3.63, 3.8) is 0 Å². The van der Waals surface area contributed by atoms with Gasteiger partial charge in [-0.1, -0.05) is 12.1 Å². The second-order valence-electron chi connectivity index (χ2n) is 4.54. The van der Waals surface area contributed by atoms with Crippen molar-refractivity contribution in [2.75, 3.05) is 5.32 Å². The van der Waals surface area contributed by atoms with E-state index in [1.165, 1.54) is 10.9 Å². The monoisotopic (exact) mass is 303 g/mol. The maximum Gasteiger partial charge on any atom is 0.307 e. The molecule has 1 heterocycles. The SMILES string of the molecule is NC(=O)Cc1ccc(NC(=O)Cn2cc([N+](=O)[O-])cn2)cc1. The third kappa shape index (κ3) is 4.13. The third-order valence-electron chi connectivity index (χ3n) is 2.75. The lowest BCUT2D eigenvalue weighted by Gasteiger charge is -2.06. The Bertz CT molecular complexity index is 707. The number of anilines is 1. The second-order valence-corrected chi connectivity index (χ2v) is 4.54. The highest BCUT2D eigenvalue weighted by atomic mass is 16.6. The molecule has 0 aliphatic heterocycles. The molecule has 0 unspecified atom stereocenters. The first-order valence-electron chi connectivity index (χ1n) is 6.28. The van der Waals surface area contributed by atoms with Gasteiger partial charge in [-0.3, -0.25) is 24.4 Å². The summed E-state index contributed by atoms with van der Waals surface area (Å²) in [6.07, 6.45) is 2.38. The van der Waals surface area contributed by atoms with Gasteiger partial charge in [-0.25, -0.2) is 0 Å². The van der Waals surface area contributed by atoms with Crippen molar-refractivity contribution in [3.8, 4) is 0 Å². The molecule has 1 aromatic carbocycles. The molecule has 3 N–H and O–H groups in total. The van der Waals surface area contributed by atoms with E-state index in [0.29, 0.717) is 5.69 Å². The number of aromatic nitrogens is 2. The molecule has 22 heavy (non-hydrogen) atoms. The molecule has 9 heteroatoms. The van der Waals surface area contributed by atoms with Crippen molar-refractivity contribution in [1.82, 2.24) is 9.78 Å². The zero-order valence-electron chi connectivity index (χ0n) is 11.4. The number of benzene rings is 1. The van der Waals surface area contributed by atoms with E-state index < -0.39 is 10.8 Å². The van der Waals surface area contributed by atoms with Crippen LogP contribution < -0.4 is 11.1 Å². The Morgan fingerprint density at radius 2 is 2.00 bits per heavy atom. The van der Waals surface area contributed by atoms with Crippen molar-refractivity contribution in [3.05, 3.63) is 52.3 Å². The first kappa shape index (κ1) is 15.2. The number of nitro groups is 1. The molecule has 2 amide bonds. The molecular weight excluding hydrogens is 290 g/mol. The fourth-order valence-electron chi connectivity index (χ4n) is 1.79. The van der Waals surface area contributed by atoms with E-state index in [9.17, 15) is 19.7 Å². The van der Waals surface area contributed by atoms with Crippen LogP contribution in [0, 0.1) is 10.1 Å². The van der Waals surface area contributed by atoms with Gasteiger partial charge in [-0.15, -0.1) is 0 Å². The molecule has 0 saturated heterocycles. The minimum absolute atomic E-state index is 0.130. The summed E-state index contributed by atoms with van der Waals surface area (Å²) in [7, 11) is 0. The largest absolute Gasteiger partial charge is 0.369 e. The van der Waals surface area contributed by atoms with Gasteiger partial charge < -0.3 is 11.1 Å². The molecule has 114 valence electrons. The summed E-state index contributed by atoms with van der Waals surface area (Å²) in [6, 6.07) is 6.64. The lowest BCUT2D eigenvalue weighted by atomic mass is 10.1. The van der Waals surface area contributed by atoms with E-state index in [-0.39, 0.29) is 24.6 Å². The van der Waals surface area contributed by atoms with Gasteiger partial charge in [0.15, 0.2) is 0 Å². The third-order valence-corrected chi connectivity index (χ3v) is 2.75. The number of nitrogens with one attached hydrogen (secondary N) is 1. The zero-order chi connectivity index (χ0) is 16.1. The summed E-state index contributed by atoms with van der Waals surface area (Å²) in [5.74, 6) is -0.808. The van der Waals surface area contributed by atoms with Gasteiger partial charge in [-0.05, 0) is 17.7 Å². The maximum absolute atomic E-state index is 11.8. The number of hydrogen-bond acceptors (Lipinski definition) is 5. The van der Waals surface area contributed by atoms with Crippen molar-refractivity contribution in [2.45, 2.75) is 13.0 Å². The Morgan fingerprint density at radius 3 is 2.55 bits per heavy atom. The molecule has 0 bridgehead atoms. The quantitative estimate of drug-likeness (QED) is 0.590. The van der Waals surface area contributed by atoms with Crippen molar-refractivity contribution >= 4 is 23.2 Å². The van der Waals surface area contributed by atoms with E-state index in [4.69, 9.17) is 5.73 Å². The summed E-state index contributed by atoms with van der Waals surface area (Å²) < 4.78 is 1.18. The van der Waals surface area contributed by atoms with Crippen LogP contribution in [0.4, 0.5) is 11.4 Å². The summed E-state index contributed by atoms with van der Waals surface area (Å²) in [6.45, 7) is -0.142. The van der Waals surface area contributed by atoms with Gasteiger partial charge in [0.05, 0.1) is 11.3 Å². The lowest BCUT2D eigenvalue weighted by Crippen LogP contribution is -2.19. The number of carbonyl (C=O) groups excluding carboxylic acids is 2.